The van der Waals surface area contributed by atoms with E-state index in [-0.39, 0.29) is 29.6 Å². The van der Waals surface area contributed by atoms with E-state index < -0.39 is 29.6 Å². The average molecular weight is 408 g/mol. The molecule has 1 aliphatic carbocycles. The smallest absolute Gasteiger partial charge is 0.321 e. The number of rotatable bonds is 3. The predicted octanol–water partition coefficient (Wildman–Crippen LogP) is 2.07. The van der Waals surface area contributed by atoms with Gasteiger partial charge in [-0.3, -0.25) is 10.1 Å². The Bertz CT molecular complexity index is 1260. The molecule has 2 N–H and O–H groups in total. The third-order valence-electron chi connectivity index (χ3n) is 5.57. The van der Waals surface area contributed by atoms with Crippen LogP contribution < -0.4 is 10.6 Å². The van der Waals surface area contributed by atoms with Gasteiger partial charge in [-0.05, 0) is 42.0 Å². The summed E-state index contributed by atoms with van der Waals surface area (Å²) in [6.45, 7) is 0.0390. The summed E-state index contributed by atoms with van der Waals surface area (Å²) in [5.74, 6) is -2.75. The molecule has 1 aromatic carbocycles. The minimum atomic E-state index is -0.781. The Balaban J connectivity index is 1.54. The van der Waals surface area contributed by atoms with Gasteiger partial charge in [-0.1, -0.05) is 6.07 Å². The van der Waals surface area contributed by atoms with Crippen molar-refractivity contribution in [1.29, 1.82) is 5.26 Å². The molecule has 30 heavy (non-hydrogen) atoms. The van der Waals surface area contributed by atoms with Gasteiger partial charge in [-0.25, -0.2) is 14.2 Å². The summed E-state index contributed by atoms with van der Waals surface area (Å²) < 4.78 is 29.7. The maximum absolute atomic E-state index is 14.5. The van der Waals surface area contributed by atoms with E-state index in [9.17, 15) is 18.4 Å². The number of carbonyl (C=O) groups excluding carboxylic acids is 2. The first-order valence-electron chi connectivity index (χ1n) is 9.28. The fourth-order valence-corrected chi connectivity index (χ4v) is 3.98. The van der Waals surface area contributed by atoms with Crippen LogP contribution in [0.15, 0.2) is 30.5 Å². The molecule has 2 aliphatic rings. The lowest BCUT2D eigenvalue weighted by atomic mass is 9.98. The minimum absolute atomic E-state index is 0.0390. The topological polar surface area (TPSA) is 112 Å². The number of carbonyl (C=O) groups is 2. The molecule has 3 heterocycles. The van der Waals surface area contributed by atoms with Crippen molar-refractivity contribution >= 4 is 17.6 Å². The molecule has 1 unspecified atom stereocenters. The number of imide groups is 1. The zero-order chi connectivity index (χ0) is 21.0. The van der Waals surface area contributed by atoms with Crippen LogP contribution in [0.4, 0.5) is 13.6 Å². The summed E-state index contributed by atoms with van der Waals surface area (Å²) in [5, 5.41) is 17.8. The van der Waals surface area contributed by atoms with Gasteiger partial charge in [-0.2, -0.15) is 19.3 Å². The van der Waals surface area contributed by atoms with E-state index in [1.54, 1.807) is 18.2 Å². The number of nitrogens with zero attached hydrogens (tertiary/aromatic N) is 4. The highest BCUT2D eigenvalue weighted by atomic mass is 19.1. The van der Waals surface area contributed by atoms with Crippen LogP contribution in [-0.4, -0.2) is 33.1 Å². The van der Waals surface area contributed by atoms with Gasteiger partial charge in [0.25, 0.3) is 0 Å². The van der Waals surface area contributed by atoms with Gasteiger partial charge < -0.3 is 5.32 Å². The second-order valence-electron chi connectivity index (χ2n) is 7.39. The van der Waals surface area contributed by atoms with Crippen molar-refractivity contribution < 1.29 is 18.4 Å². The number of nitriles is 1. The zero-order valence-electron chi connectivity index (χ0n) is 15.4. The van der Waals surface area contributed by atoms with E-state index in [0.29, 0.717) is 23.2 Å². The number of halogens is 2. The summed E-state index contributed by atoms with van der Waals surface area (Å²) in [4.78, 5) is 27.7. The van der Waals surface area contributed by atoms with Crippen molar-refractivity contribution in [3.05, 3.63) is 64.6 Å². The third kappa shape index (κ3) is 2.86. The van der Waals surface area contributed by atoms with Gasteiger partial charge in [0.15, 0.2) is 5.65 Å². The summed E-state index contributed by atoms with van der Waals surface area (Å²) in [6, 6.07) is 7.34. The van der Waals surface area contributed by atoms with Crippen LogP contribution >= 0.6 is 0 Å². The molecule has 2 aromatic heterocycles. The van der Waals surface area contributed by atoms with Gasteiger partial charge in [-0.15, -0.1) is 0 Å². The van der Waals surface area contributed by atoms with Gasteiger partial charge in [0.2, 0.25) is 11.9 Å². The summed E-state index contributed by atoms with van der Waals surface area (Å²) >= 11 is 0. The van der Waals surface area contributed by atoms with Crippen molar-refractivity contribution in [2.45, 2.75) is 24.2 Å². The number of amides is 3. The Morgan fingerprint density at radius 2 is 1.97 bits per heavy atom. The molecule has 5 rings (SSSR count). The van der Waals surface area contributed by atoms with Gasteiger partial charge in [0, 0.05) is 12.1 Å². The molecule has 0 bridgehead atoms. The van der Waals surface area contributed by atoms with Crippen LogP contribution in [0.5, 0.6) is 0 Å². The maximum atomic E-state index is 14.5. The Morgan fingerprint density at radius 3 is 2.70 bits per heavy atom. The first-order chi connectivity index (χ1) is 14.5. The predicted molar refractivity (Wildman–Crippen MR) is 98.4 cm³/mol. The normalized spacial score (nSPS) is 23.0. The van der Waals surface area contributed by atoms with Crippen molar-refractivity contribution in [2.24, 2.45) is 0 Å². The quantitative estimate of drug-likeness (QED) is 0.689. The molecule has 1 aliphatic heterocycles. The standard InChI is InChI=1S/C20H14F2N6O2/c21-15-3-9(6-23)1-2-10(15)11-4-12(11)13-5-16(14-7-25-20(30)26-19(14)29)27-28-17(22)8-24-18(13)28/h1-3,5,8,11-12,14H,4,7H2,(H2,25,26,29,30)/t11-,12+,14?/m1/s1. The second-order valence-corrected chi connectivity index (χ2v) is 7.39. The first kappa shape index (κ1) is 18.2. The van der Waals surface area contributed by atoms with E-state index in [1.807, 2.05) is 6.07 Å². The lowest BCUT2D eigenvalue weighted by Gasteiger charge is -2.22. The molecule has 8 nitrogen and oxygen atoms in total. The lowest BCUT2D eigenvalue weighted by molar-refractivity contribution is -0.122. The lowest BCUT2D eigenvalue weighted by Crippen LogP contribution is -2.51. The Kier molecular flexibility index (Phi) is 3.99. The average Bonchev–Trinajstić information content (AvgIpc) is 3.43. The Labute approximate surface area is 168 Å². The Hall–Kier alpha value is -3.87. The van der Waals surface area contributed by atoms with E-state index in [1.165, 1.54) is 6.07 Å². The van der Waals surface area contributed by atoms with Crippen LogP contribution in [-0.2, 0) is 4.79 Å². The van der Waals surface area contributed by atoms with Crippen molar-refractivity contribution in [3.8, 4) is 6.07 Å². The van der Waals surface area contributed by atoms with Gasteiger partial charge in [0.1, 0.15) is 5.82 Å². The third-order valence-corrected chi connectivity index (χ3v) is 5.57. The molecule has 0 spiro atoms. The molecular weight excluding hydrogens is 394 g/mol. The zero-order valence-corrected chi connectivity index (χ0v) is 15.4. The van der Waals surface area contributed by atoms with Crippen LogP contribution in [0.3, 0.4) is 0 Å². The molecule has 150 valence electrons. The van der Waals surface area contributed by atoms with Crippen LogP contribution in [0, 0.1) is 23.1 Å². The van der Waals surface area contributed by atoms with Crippen LogP contribution in [0.1, 0.15) is 46.6 Å². The molecule has 1 saturated carbocycles. The molecular formula is C20H14F2N6O2. The molecule has 0 radical (unpaired) electrons. The van der Waals surface area contributed by atoms with Crippen molar-refractivity contribution in [1.82, 2.24) is 25.2 Å². The highest BCUT2D eigenvalue weighted by Crippen LogP contribution is 2.56. The second kappa shape index (κ2) is 6.59. The van der Waals surface area contributed by atoms with Crippen molar-refractivity contribution in [3.63, 3.8) is 0 Å². The SMILES string of the molecule is N#Cc1ccc([C@H]2C[C@@H]2c2cc(C3CNC(=O)NC3=O)nn3c(F)cnc23)c(F)c1. The fourth-order valence-electron chi connectivity index (χ4n) is 3.98. The number of urea groups is 1. The summed E-state index contributed by atoms with van der Waals surface area (Å²) in [5.41, 5.74) is 1.96. The van der Waals surface area contributed by atoms with E-state index in [2.05, 4.69) is 20.7 Å². The number of nitrogens with one attached hydrogen (secondary N) is 2. The van der Waals surface area contributed by atoms with Crippen LogP contribution in [0.2, 0.25) is 0 Å². The highest BCUT2D eigenvalue weighted by Gasteiger charge is 2.43. The number of aromatic nitrogens is 3. The van der Waals surface area contributed by atoms with Gasteiger partial charge in [0.05, 0.1) is 29.4 Å². The van der Waals surface area contributed by atoms with E-state index in [0.717, 1.165) is 10.7 Å². The Morgan fingerprint density at radius 1 is 1.17 bits per heavy atom. The number of fused-ring (bicyclic) bond motifs is 1. The fraction of sp³-hybridized carbons (Fsp3) is 0.250. The number of imidazole rings is 1. The molecule has 3 aromatic rings. The summed E-state index contributed by atoms with van der Waals surface area (Å²) in [6.07, 6.45) is 1.65. The van der Waals surface area contributed by atoms with E-state index >= 15 is 0 Å². The number of hydrogen-bond donors (Lipinski definition) is 2. The van der Waals surface area contributed by atoms with E-state index in [4.69, 9.17) is 5.26 Å². The molecule has 3 amide bonds. The number of hydrogen-bond acceptors (Lipinski definition) is 5. The molecule has 3 atom stereocenters. The molecule has 2 fully saturated rings. The van der Waals surface area contributed by atoms with Crippen LogP contribution in [0.25, 0.3) is 5.65 Å². The number of benzene rings is 1. The highest BCUT2D eigenvalue weighted by molar-refractivity contribution is 6.00. The van der Waals surface area contributed by atoms with Crippen molar-refractivity contribution in [2.75, 3.05) is 6.54 Å². The minimum Gasteiger partial charge on any atom is -0.337 e. The summed E-state index contributed by atoms with van der Waals surface area (Å²) in [7, 11) is 0. The largest absolute Gasteiger partial charge is 0.337 e. The maximum Gasteiger partial charge on any atom is 0.321 e. The molecule has 10 heteroatoms. The monoisotopic (exact) mass is 408 g/mol. The molecule has 1 saturated heterocycles. The van der Waals surface area contributed by atoms with Gasteiger partial charge >= 0.3 is 6.03 Å². The first-order valence-corrected chi connectivity index (χ1v) is 9.28.